The number of rotatable bonds is 5. The quantitative estimate of drug-likeness (QED) is 0.758. The van der Waals surface area contributed by atoms with Crippen LogP contribution >= 0.6 is 0 Å². The van der Waals surface area contributed by atoms with Gasteiger partial charge in [0.25, 0.3) is 0 Å². The van der Waals surface area contributed by atoms with E-state index in [1.54, 1.807) is 18.2 Å². The van der Waals surface area contributed by atoms with E-state index in [1.165, 1.54) is 13.2 Å². The molecule has 0 unspecified atom stereocenters. The second-order valence-electron chi connectivity index (χ2n) is 3.51. The molecule has 0 amide bonds. The molecule has 0 heterocycles. The molecule has 0 saturated carbocycles. The number of methoxy groups -OCH3 is 1. The first-order valence-corrected chi connectivity index (χ1v) is 4.66. The fourth-order valence-corrected chi connectivity index (χ4v) is 1.56. The zero-order valence-electron chi connectivity index (χ0n) is 8.61. The number of ether oxygens (including phenoxy) is 1. The Labute approximate surface area is 88.1 Å². The standard InChI is InChI=1S/C11H15FO3/c1-15-8-11(6-13,7-14)9-4-2-3-5-10(9)12/h2-5,13-14H,6-8H2,1H3. The van der Waals surface area contributed by atoms with E-state index >= 15 is 0 Å². The van der Waals surface area contributed by atoms with Crippen LogP contribution in [-0.2, 0) is 10.2 Å². The third-order valence-electron chi connectivity index (χ3n) is 2.47. The van der Waals surface area contributed by atoms with Crippen molar-refractivity contribution in [2.24, 2.45) is 0 Å². The van der Waals surface area contributed by atoms with Gasteiger partial charge in [0.15, 0.2) is 0 Å². The first-order chi connectivity index (χ1) is 7.20. The molecule has 0 aliphatic carbocycles. The molecule has 1 aromatic rings. The van der Waals surface area contributed by atoms with Crippen LogP contribution in [0, 0.1) is 5.82 Å². The summed E-state index contributed by atoms with van der Waals surface area (Å²) in [6.45, 7) is -0.655. The highest BCUT2D eigenvalue weighted by atomic mass is 19.1. The van der Waals surface area contributed by atoms with Gasteiger partial charge in [0.2, 0.25) is 0 Å². The summed E-state index contributed by atoms with van der Waals surface area (Å²) in [5.74, 6) is -0.447. The lowest BCUT2D eigenvalue weighted by molar-refractivity contribution is 0.0398. The predicted octanol–water partition coefficient (Wildman–Crippen LogP) is 0.694. The highest BCUT2D eigenvalue weighted by Crippen LogP contribution is 2.26. The lowest BCUT2D eigenvalue weighted by atomic mass is 9.82. The number of hydrogen-bond acceptors (Lipinski definition) is 3. The molecule has 0 aliphatic heterocycles. The summed E-state index contributed by atoms with van der Waals surface area (Å²) < 4.78 is 18.4. The van der Waals surface area contributed by atoms with Crippen LogP contribution in [0.5, 0.6) is 0 Å². The van der Waals surface area contributed by atoms with Crippen LogP contribution in [0.2, 0.25) is 0 Å². The Hall–Kier alpha value is -0.970. The Morgan fingerprint density at radius 1 is 1.27 bits per heavy atom. The van der Waals surface area contributed by atoms with Crippen molar-refractivity contribution in [2.75, 3.05) is 26.9 Å². The summed E-state index contributed by atoms with van der Waals surface area (Å²) >= 11 is 0. The molecule has 0 bridgehead atoms. The molecular weight excluding hydrogens is 199 g/mol. The summed E-state index contributed by atoms with van der Waals surface area (Å²) in [6, 6.07) is 6.06. The third-order valence-corrected chi connectivity index (χ3v) is 2.47. The maximum Gasteiger partial charge on any atom is 0.127 e. The van der Waals surface area contributed by atoms with Gasteiger partial charge in [-0.15, -0.1) is 0 Å². The van der Waals surface area contributed by atoms with Crippen molar-refractivity contribution < 1.29 is 19.3 Å². The zero-order chi connectivity index (χ0) is 11.3. The maximum atomic E-state index is 13.5. The van der Waals surface area contributed by atoms with Gasteiger partial charge in [-0.1, -0.05) is 18.2 Å². The van der Waals surface area contributed by atoms with Crippen molar-refractivity contribution in [3.63, 3.8) is 0 Å². The summed E-state index contributed by atoms with van der Waals surface area (Å²) in [5.41, 5.74) is -0.794. The van der Waals surface area contributed by atoms with Gasteiger partial charge in [0.1, 0.15) is 5.82 Å². The number of halogens is 1. The minimum atomic E-state index is -1.07. The van der Waals surface area contributed by atoms with Gasteiger partial charge in [-0.3, -0.25) is 0 Å². The van der Waals surface area contributed by atoms with E-state index in [1.807, 2.05) is 0 Å². The predicted molar refractivity (Wildman–Crippen MR) is 54.1 cm³/mol. The molecule has 84 valence electrons. The van der Waals surface area contributed by atoms with E-state index in [9.17, 15) is 14.6 Å². The van der Waals surface area contributed by atoms with Gasteiger partial charge >= 0.3 is 0 Å². The van der Waals surface area contributed by atoms with E-state index in [4.69, 9.17) is 4.74 Å². The summed E-state index contributed by atoms with van der Waals surface area (Å²) in [4.78, 5) is 0. The molecule has 4 heteroatoms. The average Bonchev–Trinajstić information content (AvgIpc) is 2.27. The molecule has 1 aromatic carbocycles. The lowest BCUT2D eigenvalue weighted by Gasteiger charge is -2.29. The maximum absolute atomic E-state index is 13.5. The molecule has 0 aromatic heterocycles. The second-order valence-corrected chi connectivity index (χ2v) is 3.51. The normalized spacial score (nSPS) is 11.7. The van der Waals surface area contributed by atoms with E-state index in [0.717, 1.165) is 0 Å². The molecule has 3 nitrogen and oxygen atoms in total. The molecule has 2 N–H and O–H groups in total. The molecule has 0 spiro atoms. The van der Waals surface area contributed by atoms with Crippen LogP contribution in [0.25, 0.3) is 0 Å². The Balaban J connectivity index is 3.13. The van der Waals surface area contributed by atoms with E-state index in [2.05, 4.69) is 0 Å². The van der Waals surface area contributed by atoms with Gasteiger partial charge in [0.05, 0.1) is 25.2 Å². The summed E-state index contributed by atoms with van der Waals surface area (Å²) in [6.07, 6.45) is 0. The first kappa shape index (κ1) is 12.1. The minimum Gasteiger partial charge on any atom is -0.395 e. The lowest BCUT2D eigenvalue weighted by Crippen LogP contribution is -2.40. The molecular formula is C11H15FO3. The van der Waals surface area contributed by atoms with Crippen LogP contribution in [0.1, 0.15) is 5.56 Å². The number of aliphatic hydroxyl groups excluding tert-OH is 2. The topological polar surface area (TPSA) is 49.7 Å². The van der Waals surface area contributed by atoms with Crippen molar-refractivity contribution in [2.45, 2.75) is 5.41 Å². The van der Waals surface area contributed by atoms with Crippen molar-refractivity contribution in [3.8, 4) is 0 Å². The van der Waals surface area contributed by atoms with Crippen molar-refractivity contribution in [1.82, 2.24) is 0 Å². The Morgan fingerprint density at radius 2 is 1.87 bits per heavy atom. The molecule has 0 atom stereocenters. The van der Waals surface area contributed by atoms with Gasteiger partial charge in [-0.2, -0.15) is 0 Å². The summed E-state index contributed by atoms with van der Waals surface area (Å²) in [7, 11) is 1.45. The highest BCUT2D eigenvalue weighted by Gasteiger charge is 2.33. The Bertz CT molecular complexity index is 310. The second kappa shape index (κ2) is 5.21. The Kier molecular flexibility index (Phi) is 4.20. The zero-order valence-corrected chi connectivity index (χ0v) is 8.61. The minimum absolute atomic E-state index is 0.0704. The largest absolute Gasteiger partial charge is 0.395 e. The molecule has 0 radical (unpaired) electrons. The molecule has 0 saturated heterocycles. The molecule has 15 heavy (non-hydrogen) atoms. The number of hydrogen-bond donors (Lipinski definition) is 2. The smallest absolute Gasteiger partial charge is 0.127 e. The van der Waals surface area contributed by atoms with Gasteiger partial charge in [-0.05, 0) is 6.07 Å². The van der Waals surface area contributed by atoms with Crippen LogP contribution in [-0.4, -0.2) is 37.1 Å². The third kappa shape index (κ3) is 2.34. The fraction of sp³-hybridized carbons (Fsp3) is 0.455. The first-order valence-electron chi connectivity index (χ1n) is 4.66. The van der Waals surface area contributed by atoms with Gasteiger partial charge < -0.3 is 14.9 Å². The number of benzene rings is 1. The van der Waals surface area contributed by atoms with E-state index < -0.39 is 11.2 Å². The van der Waals surface area contributed by atoms with Gasteiger partial charge in [-0.25, -0.2) is 4.39 Å². The van der Waals surface area contributed by atoms with E-state index in [0.29, 0.717) is 0 Å². The van der Waals surface area contributed by atoms with E-state index in [-0.39, 0.29) is 25.4 Å². The molecule has 0 aliphatic rings. The molecule has 1 rings (SSSR count). The van der Waals surface area contributed by atoms with Crippen molar-refractivity contribution in [1.29, 1.82) is 0 Å². The van der Waals surface area contributed by atoms with Crippen molar-refractivity contribution >= 4 is 0 Å². The monoisotopic (exact) mass is 214 g/mol. The van der Waals surface area contributed by atoms with Crippen molar-refractivity contribution in [3.05, 3.63) is 35.6 Å². The van der Waals surface area contributed by atoms with Crippen LogP contribution in [0.3, 0.4) is 0 Å². The fourth-order valence-electron chi connectivity index (χ4n) is 1.56. The molecule has 0 fully saturated rings. The Morgan fingerprint density at radius 3 is 2.33 bits per heavy atom. The SMILES string of the molecule is COCC(CO)(CO)c1ccccc1F. The number of aliphatic hydroxyl groups is 2. The summed E-state index contributed by atoms with van der Waals surface area (Å²) in [5, 5.41) is 18.6. The average molecular weight is 214 g/mol. The van der Waals surface area contributed by atoms with Crippen LogP contribution in [0.15, 0.2) is 24.3 Å². The van der Waals surface area contributed by atoms with Gasteiger partial charge in [0, 0.05) is 12.7 Å². The van der Waals surface area contributed by atoms with Crippen LogP contribution < -0.4 is 0 Å². The van der Waals surface area contributed by atoms with Crippen LogP contribution in [0.4, 0.5) is 4.39 Å². The highest BCUT2D eigenvalue weighted by molar-refractivity contribution is 5.27.